The van der Waals surface area contributed by atoms with Crippen molar-refractivity contribution in [2.45, 2.75) is 13.5 Å². The molecule has 3 aromatic rings. The lowest BCUT2D eigenvalue weighted by Crippen LogP contribution is -2.03. The molecule has 0 aliphatic carbocycles. The van der Waals surface area contributed by atoms with Gasteiger partial charge in [0.25, 0.3) is 0 Å². The molecule has 0 aromatic heterocycles. The van der Waals surface area contributed by atoms with Crippen LogP contribution in [0.15, 0.2) is 72.8 Å². The zero-order valence-corrected chi connectivity index (χ0v) is 14.8. The molecule has 0 aliphatic rings. The van der Waals surface area contributed by atoms with Crippen LogP contribution in [0.1, 0.15) is 12.5 Å². The second-order valence-electron chi connectivity index (χ2n) is 5.48. The third-order valence-electron chi connectivity index (χ3n) is 3.64. The van der Waals surface area contributed by atoms with E-state index in [1.165, 1.54) is 0 Å². The molecule has 0 radical (unpaired) electrons. The fraction of sp³-hybridized carbons (Fsp3) is 0.143. The molecule has 0 bridgehead atoms. The smallest absolute Gasteiger partial charge is 0.127 e. The lowest BCUT2D eigenvalue weighted by molar-refractivity contribution is 0.337. The minimum absolute atomic E-state index is 0.625. The fourth-order valence-electron chi connectivity index (χ4n) is 2.45. The van der Waals surface area contributed by atoms with Gasteiger partial charge in [0.1, 0.15) is 17.2 Å². The maximum Gasteiger partial charge on any atom is 0.127 e. The number of para-hydroxylation sites is 1. The Balaban J connectivity index is 1.63. The Labute approximate surface area is 153 Å². The van der Waals surface area contributed by atoms with Gasteiger partial charge in [-0.1, -0.05) is 29.8 Å². The lowest BCUT2D eigenvalue weighted by Gasteiger charge is -2.13. The predicted molar refractivity (Wildman–Crippen MR) is 103 cm³/mol. The van der Waals surface area contributed by atoms with Crippen LogP contribution in [0, 0.1) is 0 Å². The van der Waals surface area contributed by atoms with Crippen LogP contribution in [0.4, 0.5) is 5.69 Å². The predicted octanol–water partition coefficient (Wildman–Crippen LogP) is 6.14. The minimum atomic E-state index is 0.625. The Bertz CT molecular complexity index is 804. The zero-order valence-electron chi connectivity index (χ0n) is 14.0. The van der Waals surface area contributed by atoms with Crippen LogP contribution in [-0.4, -0.2) is 6.61 Å². The van der Waals surface area contributed by atoms with Gasteiger partial charge < -0.3 is 14.8 Å². The highest BCUT2D eigenvalue weighted by molar-refractivity contribution is 6.30. The number of nitrogens with one attached hydrogen (secondary N) is 1. The molecule has 0 amide bonds. The number of ether oxygens (including phenoxy) is 2. The summed E-state index contributed by atoms with van der Waals surface area (Å²) in [5.74, 6) is 2.47. The van der Waals surface area contributed by atoms with Gasteiger partial charge in [0.2, 0.25) is 0 Å². The van der Waals surface area contributed by atoms with E-state index in [4.69, 9.17) is 21.1 Å². The van der Waals surface area contributed by atoms with Crippen LogP contribution >= 0.6 is 11.6 Å². The van der Waals surface area contributed by atoms with E-state index in [9.17, 15) is 0 Å². The Kier molecular flexibility index (Phi) is 5.81. The molecule has 4 heteroatoms. The summed E-state index contributed by atoms with van der Waals surface area (Å²) < 4.78 is 11.4. The maximum atomic E-state index is 6.10. The van der Waals surface area contributed by atoms with E-state index in [-0.39, 0.29) is 0 Å². The van der Waals surface area contributed by atoms with Gasteiger partial charge in [-0.3, -0.25) is 0 Å². The topological polar surface area (TPSA) is 30.5 Å². The summed E-state index contributed by atoms with van der Waals surface area (Å²) in [4.78, 5) is 0. The van der Waals surface area contributed by atoms with Gasteiger partial charge in [0, 0.05) is 22.8 Å². The van der Waals surface area contributed by atoms with E-state index in [1.807, 2.05) is 79.7 Å². The van der Waals surface area contributed by atoms with Gasteiger partial charge in [-0.15, -0.1) is 0 Å². The molecule has 0 saturated heterocycles. The van der Waals surface area contributed by atoms with E-state index in [1.54, 1.807) is 0 Å². The third-order valence-corrected chi connectivity index (χ3v) is 3.87. The van der Waals surface area contributed by atoms with Crippen molar-refractivity contribution in [2.75, 3.05) is 11.9 Å². The van der Waals surface area contributed by atoms with Crippen molar-refractivity contribution < 1.29 is 9.47 Å². The van der Waals surface area contributed by atoms with E-state index >= 15 is 0 Å². The Morgan fingerprint density at radius 3 is 2.32 bits per heavy atom. The molecule has 25 heavy (non-hydrogen) atoms. The minimum Gasteiger partial charge on any atom is -0.494 e. The molecule has 0 atom stereocenters. The van der Waals surface area contributed by atoms with Crippen LogP contribution in [-0.2, 0) is 6.54 Å². The van der Waals surface area contributed by atoms with Crippen LogP contribution in [0.2, 0.25) is 5.02 Å². The average Bonchev–Trinajstić information content (AvgIpc) is 2.64. The first-order valence-electron chi connectivity index (χ1n) is 8.22. The summed E-state index contributed by atoms with van der Waals surface area (Å²) >= 11 is 6.10. The highest BCUT2D eigenvalue weighted by atomic mass is 35.5. The van der Waals surface area contributed by atoms with Crippen LogP contribution in [0.3, 0.4) is 0 Å². The summed E-state index contributed by atoms with van der Waals surface area (Å²) in [5, 5.41) is 4.08. The van der Waals surface area contributed by atoms with Crippen molar-refractivity contribution >= 4 is 17.3 Å². The van der Waals surface area contributed by atoms with Gasteiger partial charge in [0.15, 0.2) is 0 Å². The number of anilines is 1. The van der Waals surface area contributed by atoms with Gasteiger partial charge in [-0.25, -0.2) is 0 Å². The largest absolute Gasteiger partial charge is 0.494 e. The number of hydrogen-bond donors (Lipinski definition) is 1. The fourth-order valence-corrected chi connectivity index (χ4v) is 2.64. The Morgan fingerprint density at radius 2 is 1.60 bits per heavy atom. The molecule has 3 nitrogen and oxygen atoms in total. The Hall–Kier alpha value is -2.65. The molecular weight excluding hydrogens is 334 g/mol. The monoisotopic (exact) mass is 353 g/mol. The van der Waals surface area contributed by atoms with Crippen molar-refractivity contribution in [1.82, 2.24) is 0 Å². The SMILES string of the molecule is CCOc1ccc(Cl)cc1CNc1ccc(Oc2ccccc2)cc1. The van der Waals surface area contributed by atoms with Crippen LogP contribution in [0.25, 0.3) is 0 Å². The number of benzene rings is 3. The molecule has 1 N–H and O–H groups in total. The number of halogens is 1. The highest BCUT2D eigenvalue weighted by Gasteiger charge is 2.05. The average molecular weight is 354 g/mol. The van der Waals surface area contributed by atoms with E-state index in [0.717, 1.165) is 28.5 Å². The van der Waals surface area contributed by atoms with Crippen molar-refractivity contribution in [3.05, 3.63) is 83.4 Å². The standard InChI is InChI=1S/C21H20ClNO2/c1-2-24-21-13-8-17(22)14-16(21)15-23-18-9-11-20(12-10-18)25-19-6-4-3-5-7-19/h3-14,23H,2,15H2,1H3. The number of rotatable bonds is 7. The van der Waals surface area contributed by atoms with E-state index in [0.29, 0.717) is 18.2 Å². The number of hydrogen-bond acceptors (Lipinski definition) is 3. The molecular formula is C21H20ClNO2. The highest BCUT2D eigenvalue weighted by Crippen LogP contribution is 2.26. The van der Waals surface area contributed by atoms with Gasteiger partial charge in [-0.05, 0) is 61.5 Å². The van der Waals surface area contributed by atoms with Crippen molar-refractivity contribution in [1.29, 1.82) is 0 Å². The second-order valence-corrected chi connectivity index (χ2v) is 5.91. The van der Waals surface area contributed by atoms with Gasteiger partial charge in [-0.2, -0.15) is 0 Å². The summed E-state index contributed by atoms with van der Waals surface area (Å²) in [6, 6.07) is 23.3. The summed E-state index contributed by atoms with van der Waals surface area (Å²) in [7, 11) is 0. The summed E-state index contributed by atoms with van der Waals surface area (Å²) in [5.41, 5.74) is 2.03. The Morgan fingerprint density at radius 1 is 0.880 bits per heavy atom. The molecule has 0 aliphatic heterocycles. The molecule has 0 fully saturated rings. The molecule has 0 unspecified atom stereocenters. The molecule has 0 saturated carbocycles. The maximum absolute atomic E-state index is 6.10. The van der Waals surface area contributed by atoms with Gasteiger partial charge in [0.05, 0.1) is 6.61 Å². The van der Waals surface area contributed by atoms with Crippen LogP contribution in [0.5, 0.6) is 17.2 Å². The summed E-state index contributed by atoms with van der Waals surface area (Å²) in [6.07, 6.45) is 0. The second kappa shape index (κ2) is 8.45. The van der Waals surface area contributed by atoms with Crippen molar-refractivity contribution in [2.24, 2.45) is 0 Å². The van der Waals surface area contributed by atoms with E-state index in [2.05, 4.69) is 5.32 Å². The van der Waals surface area contributed by atoms with E-state index < -0.39 is 0 Å². The summed E-state index contributed by atoms with van der Waals surface area (Å²) in [6.45, 7) is 3.23. The van der Waals surface area contributed by atoms with Crippen molar-refractivity contribution in [3.8, 4) is 17.2 Å². The molecule has 3 rings (SSSR count). The first kappa shape index (κ1) is 17.2. The zero-order chi connectivity index (χ0) is 17.5. The quantitative estimate of drug-likeness (QED) is 0.553. The molecule has 3 aromatic carbocycles. The normalized spacial score (nSPS) is 10.3. The van der Waals surface area contributed by atoms with Gasteiger partial charge >= 0.3 is 0 Å². The van der Waals surface area contributed by atoms with Crippen LogP contribution < -0.4 is 14.8 Å². The molecule has 128 valence electrons. The first-order valence-corrected chi connectivity index (χ1v) is 8.60. The molecule has 0 heterocycles. The lowest BCUT2D eigenvalue weighted by atomic mass is 10.2. The first-order chi connectivity index (χ1) is 12.2. The molecule has 0 spiro atoms. The van der Waals surface area contributed by atoms with Crippen molar-refractivity contribution in [3.63, 3.8) is 0 Å². The third kappa shape index (κ3) is 4.91.